The molecular weight excluding hydrogens is 353 g/mol. The average Bonchev–Trinajstić information content (AvgIpc) is 2.54. The summed E-state index contributed by atoms with van der Waals surface area (Å²) in [5.41, 5.74) is 7.01. The largest absolute Gasteiger partial charge is 0.389 e. The minimum atomic E-state index is -4.15. The molecule has 0 bridgehead atoms. The molecule has 25 heavy (non-hydrogen) atoms. The van der Waals surface area contributed by atoms with Crippen LogP contribution in [-0.4, -0.2) is 18.6 Å². The van der Waals surface area contributed by atoms with E-state index in [9.17, 15) is 18.0 Å². The van der Waals surface area contributed by atoms with Crippen molar-refractivity contribution in [3.8, 4) is 0 Å². The van der Waals surface area contributed by atoms with Gasteiger partial charge in [-0.05, 0) is 48.9 Å². The quantitative estimate of drug-likeness (QED) is 0.744. The summed E-state index contributed by atoms with van der Waals surface area (Å²) in [6.07, 6.45) is 0.745. The third kappa shape index (κ3) is 7.24. The summed E-state index contributed by atoms with van der Waals surface area (Å²) < 4.78 is 36.7. The van der Waals surface area contributed by atoms with E-state index in [0.717, 1.165) is 25.7 Å². The van der Waals surface area contributed by atoms with Gasteiger partial charge < -0.3 is 11.1 Å². The molecule has 1 saturated carbocycles. The Morgan fingerprint density at radius 2 is 1.72 bits per heavy atom. The van der Waals surface area contributed by atoms with Gasteiger partial charge in [0.05, 0.1) is 0 Å². The van der Waals surface area contributed by atoms with Gasteiger partial charge in [0.25, 0.3) is 0 Å². The van der Waals surface area contributed by atoms with Crippen molar-refractivity contribution in [2.45, 2.75) is 57.5 Å². The van der Waals surface area contributed by atoms with Gasteiger partial charge in [-0.15, -0.1) is 12.4 Å². The van der Waals surface area contributed by atoms with Gasteiger partial charge in [-0.2, -0.15) is 13.2 Å². The number of halogens is 4. The van der Waals surface area contributed by atoms with Crippen LogP contribution in [0.5, 0.6) is 0 Å². The Morgan fingerprint density at radius 1 is 1.12 bits per heavy atom. The highest BCUT2D eigenvalue weighted by Gasteiger charge is 2.33. The van der Waals surface area contributed by atoms with E-state index in [-0.39, 0.29) is 30.2 Å². The zero-order chi connectivity index (χ0) is 17.6. The first-order valence-electron chi connectivity index (χ1n) is 8.48. The van der Waals surface area contributed by atoms with Crippen molar-refractivity contribution in [2.75, 3.05) is 11.9 Å². The molecule has 1 aliphatic carbocycles. The lowest BCUT2D eigenvalue weighted by molar-refractivity contribution is -0.134. The zero-order valence-corrected chi connectivity index (χ0v) is 15.0. The molecule has 0 atom stereocenters. The topological polar surface area (TPSA) is 55.1 Å². The number of amides is 1. The van der Waals surface area contributed by atoms with E-state index >= 15 is 0 Å². The van der Waals surface area contributed by atoms with E-state index in [0.29, 0.717) is 24.2 Å². The number of rotatable bonds is 6. The summed E-state index contributed by atoms with van der Waals surface area (Å²) in [6, 6.07) is 6.56. The number of hydrogen-bond donors (Lipinski definition) is 2. The fourth-order valence-electron chi connectivity index (χ4n) is 3.34. The molecule has 2 rings (SSSR count). The van der Waals surface area contributed by atoms with Gasteiger partial charge in [-0.1, -0.05) is 31.4 Å². The molecule has 1 fully saturated rings. The van der Waals surface area contributed by atoms with Crippen LogP contribution in [0.15, 0.2) is 24.3 Å². The minimum absolute atomic E-state index is 0. The first kappa shape index (κ1) is 21.8. The van der Waals surface area contributed by atoms with Gasteiger partial charge in [0.15, 0.2) is 0 Å². The summed E-state index contributed by atoms with van der Waals surface area (Å²) in [4.78, 5) is 12.3. The summed E-state index contributed by atoms with van der Waals surface area (Å²) in [5.74, 6) is -0.0783. The van der Waals surface area contributed by atoms with Crippen LogP contribution in [0.3, 0.4) is 0 Å². The number of nitrogens with one attached hydrogen (secondary N) is 1. The Balaban J connectivity index is 0.00000312. The van der Waals surface area contributed by atoms with E-state index in [2.05, 4.69) is 5.32 Å². The molecule has 0 aliphatic heterocycles. The molecule has 3 N–H and O–H groups in total. The highest BCUT2D eigenvalue weighted by Crippen LogP contribution is 2.38. The SMILES string of the molecule is Cl.NCC1(CC(=O)Nc2ccc(CCC(F)(F)F)cc2)CCCCC1. The molecule has 0 heterocycles. The Morgan fingerprint density at radius 3 is 2.24 bits per heavy atom. The van der Waals surface area contributed by atoms with Crippen molar-refractivity contribution in [3.63, 3.8) is 0 Å². The van der Waals surface area contributed by atoms with Gasteiger partial charge in [0, 0.05) is 18.5 Å². The van der Waals surface area contributed by atoms with Crippen molar-refractivity contribution in [3.05, 3.63) is 29.8 Å². The molecular formula is C18H26ClF3N2O. The normalized spacial score (nSPS) is 16.8. The van der Waals surface area contributed by atoms with Crippen molar-refractivity contribution in [1.82, 2.24) is 0 Å². The van der Waals surface area contributed by atoms with E-state index < -0.39 is 12.6 Å². The molecule has 1 aliphatic rings. The molecule has 3 nitrogen and oxygen atoms in total. The second-order valence-corrected chi connectivity index (χ2v) is 6.80. The third-order valence-corrected chi connectivity index (χ3v) is 4.82. The van der Waals surface area contributed by atoms with E-state index in [1.807, 2.05) is 0 Å². The lowest BCUT2D eigenvalue weighted by Gasteiger charge is -2.35. The lowest BCUT2D eigenvalue weighted by atomic mass is 9.71. The minimum Gasteiger partial charge on any atom is -0.330 e. The van der Waals surface area contributed by atoms with Gasteiger partial charge in [0.2, 0.25) is 5.91 Å². The molecule has 1 amide bonds. The molecule has 142 valence electrons. The number of benzene rings is 1. The first-order chi connectivity index (χ1) is 11.3. The number of anilines is 1. The monoisotopic (exact) mass is 378 g/mol. The molecule has 0 radical (unpaired) electrons. The second-order valence-electron chi connectivity index (χ2n) is 6.80. The number of alkyl halides is 3. The summed E-state index contributed by atoms with van der Waals surface area (Å²) in [7, 11) is 0. The molecule has 0 unspecified atom stereocenters. The van der Waals surface area contributed by atoms with E-state index in [1.165, 1.54) is 6.42 Å². The van der Waals surface area contributed by atoms with Crippen molar-refractivity contribution < 1.29 is 18.0 Å². The van der Waals surface area contributed by atoms with Crippen LogP contribution in [0.1, 0.15) is 50.5 Å². The van der Waals surface area contributed by atoms with Crippen molar-refractivity contribution in [2.24, 2.45) is 11.1 Å². The van der Waals surface area contributed by atoms with Crippen LogP contribution in [0.25, 0.3) is 0 Å². The summed E-state index contributed by atoms with van der Waals surface area (Å²) >= 11 is 0. The molecule has 0 spiro atoms. The van der Waals surface area contributed by atoms with Crippen molar-refractivity contribution in [1.29, 1.82) is 0 Å². The van der Waals surface area contributed by atoms with Crippen LogP contribution in [0.2, 0.25) is 0 Å². The molecule has 1 aromatic rings. The van der Waals surface area contributed by atoms with Gasteiger partial charge >= 0.3 is 6.18 Å². The molecule has 1 aromatic carbocycles. The standard InChI is InChI=1S/C18H25F3N2O.ClH/c19-18(20,21)11-8-14-4-6-15(7-5-14)23-16(24)12-17(13-22)9-2-1-3-10-17;/h4-7H,1-3,8-13,22H2,(H,23,24);1H. The van der Waals surface area contributed by atoms with Gasteiger partial charge in [-0.3, -0.25) is 4.79 Å². The van der Waals surface area contributed by atoms with Crippen LogP contribution in [-0.2, 0) is 11.2 Å². The second kappa shape index (κ2) is 9.43. The smallest absolute Gasteiger partial charge is 0.330 e. The Hall–Kier alpha value is -1.27. The maximum Gasteiger partial charge on any atom is 0.389 e. The Labute approximate surface area is 153 Å². The van der Waals surface area contributed by atoms with Gasteiger partial charge in [-0.25, -0.2) is 0 Å². The highest BCUT2D eigenvalue weighted by molar-refractivity contribution is 5.91. The van der Waals surface area contributed by atoms with Crippen LogP contribution in [0, 0.1) is 5.41 Å². The zero-order valence-electron chi connectivity index (χ0n) is 14.2. The fourth-order valence-corrected chi connectivity index (χ4v) is 3.34. The highest BCUT2D eigenvalue weighted by atomic mass is 35.5. The predicted molar refractivity (Wildman–Crippen MR) is 95.9 cm³/mol. The number of hydrogen-bond acceptors (Lipinski definition) is 2. The Bertz CT molecular complexity index is 540. The van der Waals surface area contributed by atoms with Crippen LogP contribution in [0.4, 0.5) is 18.9 Å². The number of nitrogens with two attached hydrogens (primary N) is 1. The maximum atomic E-state index is 12.3. The number of carbonyl (C=O) groups excluding carboxylic acids is 1. The fraction of sp³-hybridized carbons (Fsp3) is 0.611. The summed E-state index contributed by atoms with van der Waals surface area (Å²) in [6.45, 7) is 0.511. The predicted octanol–water partition coefficient (Wildman–Crippen LogP) is 4.84. The van der Waals surface area contributed by atoms with Crippen LogP contribution < -0.4 is 11.1 Å². The average molecular weight is 379 g/mol. The van der Waals surface area contributed by atoms with E-state index in [1.54, 1.807) is 24.3 Å². The van der Waals surface area contributed by atoms with Gasteiger partial charge in [0.1, 0.15) is 0 Å². The maximum absolute atomic E-state index is 12.3. The van der Waals surface area contributed by atoms with E-state index in [4.69, 9.17) is 5.73 Å². The van der Waals surface area contributed by atoms with Crippen LogP contribution >= 0.6 is 12.4 Å². The first-order valence-corrected chi connectivity index (χ1v) is 8.48. The third-order valence-electron chi connectivity index (χ3n) is 4.82. The molecule has 0 aromatic heterocycles. The number of carbonyl (C=O) groups is 1. The Kier molecular flexibility index (Phi) is 8.22. The number of aryl methyl sites for hydroxylation is 1. The lowest BCUT2D eigenvalue weighted by Crippen LogP contribution is -2.36. The summed E-state index contributed by atoms with van der Waals surface area (Å²) in [5, 5.41) is 2.83. The molecule has 7 heteroatoms. The molecule has 0 saturated heterocycles. The van der Waals surface area contributed by atoms with Crippen molar-refractivity contribution >= 4 is 24.0 Å².